The van der Waals surface area contributed by atoms with E-state index in [1.165, 1.54) is 0 Å². The van der Waals surface area contributed by atoms with E-state index in [0.717, 1.165) is 17.8 Å². The number of aromatic nitrogens is 2. The van der Waals surface area contributed by atoms with E-state index in [1.54, 1.807) is 4.68 Å². The van der Waals surface area contributed by atoms with E-state index in [4.69, 9.17) is 11.6 Å². The van der Waals surface area contributed by atoms with Crippen molar-refractivity contribution in [3.05, 3.63) is 46.7 Å². The van der Waals surface area contributed by atoms with Crippen molar-refractivity contribution in [1.82, 2.24) is 9.78 Å². The lowest BCUT2D eigenvalue weighted by Gasteiger charge is -2.02. The SMILES string of the molecule is CCc1nn(-c2ccccc2)c(Cl)c1CO. The van der Waals surface area contributed by atoms with Gasteiger partial charge < -0.3 is 5.11 Å². The minimum atomic E-state index is -0.0746. The topological polar surface area (TPSA) is 38.0 Å². The van der Waals surface area contributed by atoms with E-state index in [1.807, 2.05) is 37.3 Å². The molecule has 0 saturated carbocycles. The number of hydrogen-bond acceptors (Lipinski definition) is 2. The van der Waals surface area contributed by atoms with Crippen LogP contribution in [-0.2, 0) is 13.0 Å². The van der Waals surface area contributed by atoms with Gasteiger partial charge in [0.05, 0.1) is 18.0 Å². The number of halogens is 1. The van der Waals surface area contributed by atoms with Crippen molar-refractivity contribution >= 4 is 11.6 Å². The quantitative estimate of drug-likeness (QED) is 0.890. The lowest BCUT2D eigenvalue weighted by atomic mass is 10.2. The van der Waals surface area contributed by atoms with E-state index in [2.05, 4.69) is 5.10 Å². The minimum absolute atomic E-state index is 0.0746. The van der Waals surface area contributed by atoms with Crippen molar-refractivity contribution in [3.8, 4) is 5.69 Å². The number of aryl methyl sites for hydroxylation is 1. The normalized spacial score (nSPS) is 10.7. The Hall–Kier alpha value is -1.32. The maximum Gasteiger partial charge on any atom is 0.138 e. The van der Waals surface area contributed by atoms with Crippen LogP contribution in [0.5, 0.6) is 0 Å². The van der Waals surface area contributed by atoms with Crippen LogP contribution < -0.4 is 0 Å². The zero-order chi connectivity index (χ0) is 11.5. The molecule has 3 nitrogen and oxygen atoms in total. The molecule has 0 atom stereocenters. The highest BCUT2D eigenvalue weighted by molar-refractivity contribution is 6.30. The molecule has 0 spiro atoms. The Kier molecular flexibility index (Phi) is 3.27. The first kappa shape index (κ1) is 11.2. The van der Waals surface area contributed by atoms with Gasteiger partial charge in [-0.15, -0.1) is 0 Å². The first-order valence-corrected chi connectivity index (χ1v) is 5.58. The van der Waals surface area contributed by atoms with Gasteiger partial charge in [0.15, 0.2) is 0 Å². The lowest BCUT2D eigenvalue weighted by molar-refractivity contribution is 0.281. The molecule has 0 fully saturated rings. The number of rotatable bonds is 3. The minimum Gasteiger partial charge on any atom is -0.391 e. The third-order valence-corrected chi connectivity index (χ3v) is 2.89. The number of nitrogens with zero attached hydrogens (tertiary/aromatic N) is 2. The van der Waals surface area contributed by atoms with Gasteiger partial charge in [0.1, 0.15) is 5.15 Å². The second-order valence-corrected chi connectivity index (χ2v) is 3.83. The summed E-state index contributed by atoms with van der Waals surface area (Å²) in [7, 11) is 0. The summed E-state index contributed by atoms with van der Waals surface area (Å²) >= 11 is 6.18. The largest absolute Gasteiger partial charge is 0.391 e. The molecule has 0 aliphatic heterocycles. The predicted molar refractivity (Wildman–Crippen MR) is 63.9 cm³/mol. The molecule has 0 aliphatic carbocycles. The molecular weight excluding hydrogens is 224 g/mol. The van der Waals surface area contributed by atoms with Crippen LogP contribution >= 0.6 is 11.6 Å². The number of aliphatic hydroxyl groups is 1. The number of benzene rings is 1. The standard InChI is InChI=1S/C12H13ClN2O/c1-2-11-10(8-16)12(13)15(14-11)9-6-4-3-5-7-9/h3-7,16H,2,8H2,1H3. The van der Waals surface area contributed by atoms with Crippen molar-refractivity contribution in [2.75, 3.05) is 0 Å². The molecule has 16 heavy (non-hydrogen) atoms. The van der Waals surface area contributed by atoms with Gasteiger partial charge in [0.25, 0.3) is 0 Å². The fourth-order valence-corrected chi connectivity index (χ4v) is 1.96. The zero-order valence-corrected chi connectivity index (χ0v) is 9.78. The molecule has 0 saturated heterocycles. The van der Waals surface area contributed by atoms with Crippen LogP contribution in [0.3, 0.4) is 0 Å². The maximum absolute atomic E-state index is 9.25. The third kappa shape index (κ3) is 1.84. The average Bonchev–Trinajstić information content (AvgIpc) is 2.66. The molecule has 2 rings (SSSR count). The van der Waals surface area contributed by atoms with Crippen molar-refractivity contribution in [2.24, 2.45) is 0 Å². The number of para-hydroxylation sites is 1. The molecule has 1 heterocycles. The first-order valence-electron chi connectivity index (χ1n) is 5.20. The van der Waals surface area contributed by atoms with Gasteiger partial charge in [-0.3, -0.25) is 0 Å². The summed E-state index contributed by atoms with van der Waals surface area (Å²) in [5.41, 5.74) is 2.46. The summed E-state index contributed by atoms with van der Waals surface area (Å²) in [4.78, 5) is 0. The molecule has 0 aliphatic rings. The Bertz CT molecular complexity index is 479. The molecule has 0 unspecified atom stereocenters. The van der Waals surface area contributed by atoms with Crippen molar-refractivity contribution < 1.29 is 5.11 Å². The Labute approximate surface area is 99.3 Å². The molecule has 84 valence electrons. The summed E-state index contributed by atoms with van der Waals surface area (Å²) in [6, 6.07) is 9.66. The van der Waals surface area contributed by atoms with Gasteiger partial charge in [-0.2, -0.15) is 5.10 Å². The number of hydrogen-bond donors (Lipinski definition) is 1. The molecule has 1 aromatic heterocycles. The summed E-state index contributed by atoms with van der Waals surface area (Å²) < 4.78 is 1.66. The fourth-order valence-electron chi connectivity index (χ4n) is 1.65. The van der Waals surface area contributed by atoms with E-state index in [-0.39, 0.29) is 6.61 Å². The van der Waals surface area contributed by atoms with Gasteiger partial charge in [-0.1, -0.05) is 36.7 Å². The Morgan fingerprint density at radius 1 is 1.31 bits per heavy atom. The van der Waals surface area contributed by atoms with Gasteiger partial charge in [0, 0.05) is 5.56 Å². The van der Waals surface area contributed by atoms with Crippen molar-refractivity contribution in [3.63, 3.8) is 0 Å². The van der Waals surface area contributed by atoms with Gasteiger partial charge in [0.2, 0.25) is 0 Å². The number of aliphatic hydroxyl groups excluding tert-OH is 1. The molecule has 1 aromatic carbocycles. The Morgan fingerprint density at radius 3 is 2.50 bits per heavy atom. The van der Waals surface area contributed by atoms with E-state index < -0.39 is 0 Å². The van der Waals surface area contributed by atoms with Crippen LogP contribution in [0.4, 0.5) is 0 Å². The fraction of sp³-hybridized carbons (Fsp3) is 0.250. The summed E-state index contributed by atoms with van der Waals surface area (Å²) in [6.45, 7) is 1.92. The van der Waals surface area contributed by atoms with Gasteiger partial charge in [-0.25, -0.2) is 4.68 Å². The molecular formula is C12H13ClN2O. The Balaban J connectivity index is 2.54. The highest BCUT2D eigenvalue weighted by Gasteiger charge is 2.14. The van der Waals surface area contributed by atoms with Crippen molar-refractivity contribution in [2.45, 2.75) is 20.0 Å². The average molecular weight is 237 g/mol. The van der Waals surface area contributed by atoms with E-state index >= 15 is 0 Å². The van der Waals surface area contributed by atoms with Crippen LogP contribution in [0, 0.1) is 0 Å². The molecule has 0 radical (unpaired) electrons. The second-order valence-electron chi connectivity index (χ2n) is 3.48. The predicted octanol–water partition coefficient (Wildman–Crippen LogP) is 2.58. The maximum atomic E-state index is 9.25. The molecule has 0 amide bonds. The van der Waals surface area contributed by atoms with Gasteiger partial charge in [-0.05, 0) is 18.6 Å². The van der Waals surface area contributed by atoms with E-state index in [0.29, 0.717) is 10.7 Å². The molecule has 0 bridgehead atoms. The van der Waals surface area contributed by atoms with E-state index in [9.17, 15) is 5.11 Å². The summed E-state index contributed by atoms with van der Waals surface area (Å²) in [5, 5.41) is 14.1. The van der Waals surface area contributed by atoms with Crippen molar-refractivity contribution in [1.29, 1.82) is 0 Å². The lowest BCUT2D eigenvalue weighted by Crippen LogP contribution is -1.96. The van der Waals surface area contributed by atoms with Crippen LogP contribution in [0.2, 0.25) is 5.15 Å². The molecule has 4 heteroatoms. The van der Waals surface area contributed by atoms with Crippen LogP contribution in [0.15, 0.2) is 30.3 Å². The second kappa shape index (κ2) is 4.68. The van der Waals surface area contributed by atoms with Crippen LogP contribution in [0.25, 0.3) is 5.69 Å². The van der Waals surface area contributed by atoms with Gasteiger partial charge >= 0.3 is 0 Å². The molecule has 2 aromatic rings. The molecule has 1 N–H and O–H groups in total. The Morgan fingerprint density at radius 2 is 2.00 bits per heavy atom. The summed E-state index contributed by atoms with van der Waals surface area (Å²) in [5.74, 6) is 0. The highest BCUT2D eigenvalue weighted by Crippen LogP contribution is 2.23. The summed E-state index contributed by atoms with van der Waals surface area (Å²) in [6.07, 6.45) is 0.759. The zero-order valence-electron chi connectivity index (χ0n) is 9.02. The van der Waals surface area contributed by atoms with Crippen LogP contribution in [0.1, 0.15) is 18.2 Å². The van der Waals surface area contributed by atoms with Crippen LogP contribution in [-0.4, -0.2) is 14.9 Å². The third-order valence-electron chi connectivity index (χ3n) is 2.50. The first-order chi connectivity index (χ1) is 7.77. The smallest absolute Gasteiger partial charge is 0.138 e. The highest BCUT2D eigenvalue weighted by atomic mass is 35.5. The monoisotopic (exact) mass is 236 g/mol.